The van der Waals surface area contributed by atoms with E-state index in [0.717, 1.165) is 5.56 Å². The summed E-state index contributed by atoms with van der Waals surface area (Å²) >= 11 is 0. The largest absolute Gasteiger partial charge is 0.341 e. The first-order valence-electron chi connectivity index (χ1n) is 5.67. The lowest BCUT2D eigenvalue weighted by molar-refractivity contribution is 0.0772. The summed E-state index contributed by atoms with van der Waals surface area (Å²) in [6, 6.07) is 4.54. The molecule has 1 aromatic rings. The van der Waals surface area contributed by atoms with Crippen LogP contribution in [0.1, 0.15) is 22.8 Å². The average molecular weight is 238 g/mol. The summed E-state index contributed by atoms with van der Waals surface area (Å²) in [7, 11) is 1.66. The van der Waals surface area contributed by atoms with Crippen molar-refractivity contribution in [2.75, 3.05) is 20.1 Å². The van der Waals surface area contributed by atoms with E-state index in [1.807, 2.05) is 13.8 Å². The molecule has 0 aliphatic rings. The summed E-state index contributed by atoms with van der Waals surface area (Å²) in [6.45, 7) is 4.83. The van der Waals surface area contributed by atoms with Gasteiger partial charge in [-0.25, -0.2) is 4.39 Å². The van der Waals surface area contributed by atoms with Crippen LogP contribution in [0, 0.1) is 18.7 Å². The summed E-state index contributed by atoms with van der Waals surface area (Å²) in [5.41, 5.74) is 6.49. The van der Waals surface area contributed by atoms with Crippen molar-refractivity contribution in [3.63, 3.8) is 0 Å². The van der Waals surface area contributed by atoms with E-state index in [1.165, 1.54) is 11.0 Å². The van der Waals surface area contributed by atoms with E-state index in [0.29, 0.717) is 13.1 Å². The Morgan fingerprint density at radius 2 is 2.18 bits per heavy atom. The van der Waals surface area contributed by atoms with Gasteiger partial charge in [0.05, 0.1) is 5.56 Å². The van der Waals surface area contributed by atoms with Crippen LogP contribution in [-0.2, 0) is 0 Å². The van der Waals surface area contributed by atoms with Gasteiger partial charge in [-0.15, -0.1) is 0 Å². The fourth-order valence-corrected chi connectivity index (χ4v) is 1.63. The van der Waals surface area contributed by atoms with Gasteiger partial charge in [0, 0.05) is 13.6 Å². The van der Waals surface area contributed by atoms with Gasteiger partial charge in [0.15, 0.2) is 0 Å². The lowest BCUT2D eigenvalue weighted by Crippen LogP contribution is -2.34. The highest BCUT2D eigenvalue weighted by Crippen LogP contribution is 2.12. The molecular formula is C13H19FN2O. The highest BCUT2D eigenvalue weighted by Gasteiger charge is 2.17. The fourth-order valence-electron chi connectivity index (χ4n) is 1.63. The van der Waals surface area contributed by atoms with Gasteiger partial charge in [0.25, 0.3) is 5.91 Å². The highest BCUT2D eigenvalue weighted by atomic mass is 19.1. The minimum absolute atomic E-state index is 0.122. The van der Waals surface area contributed by atoms with Gasteiger partial charge in [-0.05, 0) is 31.5 Å². The lowest BCUT2D eigenvalue weighted by atomic mass is 10.1. The second-order valence-corrected chi connectivity index (χ2v) is 4.51. The number of carbonyl (C=O) groups is 1. The van der Waals surface area contributed by atoms with Crippen LogP contribution in [0.2, 0.25) is 0 Å². The Morgan fingerprint density at radius 1 is 1.53 bits per heavy atom. The fraction of sp³-hybridized carbons (Fsp3) is 0.462. The van der Waals surface area contributed by atoms with Crippen molar-refractivity contribution in [2.24, 2.45) is 11.7 Å². The SMILES string of the molecule is Cc1ccc(F)c(C(=O)N(C)CC(C)CN)c1. The van der Waals surface area contributed by atoms with Crippen LogP contribution in [0.3, 0.4) is 0 Å². The van der Waals surface area contributed by atoms with Crippen molar-refractivity contribution >= 4 is 5.91 Å². The summed E-state index contributed by atoms with van der Waals surface area (Å²) in [6.07, 6.45) is 0. The van der Waals surface area contributed by atoms with Crippen molar-refractivity contribution in [1.82, 2.24) is 4.90 Å². The number of aryl methyl sites for hydroxylation is 1. The summed E-state index contributed by atoms with van der Waals surface area (Å²) in [5.74, 6) is -0.573. The van der Waals surface area contributed by atoms with Crippen molar-refractivity contribution < 1.29 is 9.18 Å². The monoisotopic (exact) mass is 238 g/mol. The topological polar surface area (TPSA) is 46.3 Å². The number of carbonyl (C=O) groups excluding carboxylic acids is 1. The molecule has 0 aliphatic heterocycles. The molecule has 1 aromatic carbocycles. The van der Waals surface area contributed by atoms with Gasteiger partial charge in [-0.2, -0.15) is 0 Å². The first-order chi connectivity index (χ1) is 7.95. The van der Waals surface area contributed by atoms with Crippen LogP contribution >= 0.6 is 0 Å². The maximum absolute atomic E-state index is 13.5. The van der Waals surface area contributed by atoms with E-state index >= 15 is 0 Å². The number of benzene rings is 1. The van der Waals surface area contributed by atoms with Gasteiger partial charge in [0.2, 0.25) is 0 Å². The Balaban J connectivity index is 2.85. The zero-order valence-corrected chi connectivity index (χ0v) is 10.5. The van der Waals surface area contributed by atoms with Crippen LogP contribution in [0.5, 0.6) is 0 Å². The van der Waals surface area contributed by atoms with E-state index < -0.39 is 5.82 Å². The summed E-state index contributed by atoms with van der Waals surface area (Å²) < 4.78 is 13.5. The van der Waals surface area contributed by atoms with Crippen LogP contribution in [0.15, 0.2) is 18.2 Å². The van der Waals surface area contributed by atoms with Crippen LogP contribution in [0.25, 0.3) is 0 Å². The Labute approximate surface area is 101 Å². The molecule has 1 rings (SSSR count). The number of halogens is 1. The maximum atomic E-state index is 13.5. The van der Waals surface area contributed by atoms with E-state index in [-0.39, 0.29) is 17.4 Å². The molecule has 4 heteroatoms. The molecule has 94 valence electrons. The number of hydrogen-bond acceptors (Lipinski definition) is 2. The molecule has 1 atom stereocenters. The molecule has 0 saturated carbocycles. The smallest absolute Gasteiger partial charge is 0.256 e. The zero-order chi connectivity index (χ0) is 13.0. The van der Waals surface area contributed by atoms with Crippen molar-refractivity contribution in [3.8, 4) is 0 Å². The van der Waals surface area contributed by atoms with Crippen LogP contribution in [-0.4, -0.2) is 30.9 Å². The second-order valence-electron chi connectivity index (χ2n) is 4.51. The molecule has 0 fully saturated rings. The third-order valence-electron chi connectivity index (χ3n) is 2.69. The van der Waals surface area contributed by atoms with Gasteiger partial charge in [-0.1, -0.05) is 18.6 Å². The van der Waals surface area contributed by atoms with E-state index in [4.69, 9.17) is 5.73 Å². The molecule has 0 heterocycles. The number of rotatable bonds is 4. The van der Waals surface area contributed by atoms with E-state index in [1.54, 1.807) is 19.2 Å². The first-order valence-corrected chi connectivity index (χ1v) is 5.67. The highest BCUT2D eigenvalue weighted by molar-refractivity contribution is 5.94. The average Bonchev–Trinajstić information content (AvgIpc) is 2.31. The standard InChI is InChI=1S/C13H19FN2O/c1-9-4-5-12(14)11(6-9)13(17)16(3)8-10(2)7-15/h4-6,10H,7-8,15H2,1-3H3. The number of nitrogens with zero attached hydrogens (tertiary/aromatic N) is 1. The number of hydrogen-bond donors (Lipinski definition) is 1. The number of amides is 1. The van der Waals surface area contributed by atoms with Crippen LogP contribution in [0.4, 0.5) is 4.39 Å². The third-order valence-corrected chi connectivity index (χ3v) is 2.69. The molecule has 1 amide bonds. The Bertz CT molecular complexity index is 406. The number of nitrogens with two attached hydrogens (primary N) is 1. The third kappa shape index (κ3) is 3.53. The molecule has 2 N–H and O–H groups in total. The summed E-state index contributed by atoms with van der Waals surface area (Å²) in [4.78, 5) is 13.5. The lowest BCUT2D eigenvalue weighted by Gasteiger charge is -2.21. The van der Waals surface area contributed by atoms with Crippen molar-refractivity contribution in [2.45, 2.75) is 13.8 Å². The molecule has 0 spiro atoms. The van der Waals surface area contributed by atoms with Crippen LogP contribution < -0.4 is 5.73 Å². The molecule has 17 heavy (non-hydrogen) atoms. The van der Waals surface area contributed by atoms with Crippen molar-refractivity contribution in [1.29, 1.82) is 0 Å². The van der Waals surface area contributed by atoms with E-state index in [9.17, 15) is 9.18 Å². The Morgan fingerprint density at radius 3 is 2.76 bits per heavy atom. The molecule has 0 radical (unpaired) electrons. The minimum atomic E-state index is -0.479. The normalized spacial score (nSPS) is 12.3. The molecule has 1 unspecified atom stereocenters. The van der Waals surface area contributed by atoms with Gasteiger partial charge in [0.1, 0.15) is 5.82 Å². The predicted molar refractivity (Wildman–Crippen MR) is 66.3 cm³/mol. The van der Waals surface area contributed by atoms with Gasteiger partial charge >= 0.3 is 0 Å². The first kappa shape index (κ1) is 13.6. The Hall–Kier alpha value is -1.42. The molecule has 0 aromatic heterocycles. The van der Waals surface area contributed by atoms with Gasteiger partial charge in [-0.3, -0.25) is 4.79 Å². The van der Waals surface area contributed by atoms with Crippen molar-refractivity contribution in [3.05, 3.63) is 35.1 Å². The Kier molecular flexibility index (Phi) is 4.63. The predicted octanol–water partition coefficient (Wildman–Crippen LogP) is 1.80. The molecule has 0 saturated heterocycles. The zero-order valence-electron chi connectivity index (χ0n) is 10.5. The molecule has 0 aliphatic carbocycles. The quantitative estimate of drug-likeness (QED) is 0.869. The minimum Gasteiger partial charge on any atom is -0.341 e. The second kappa shape index (κ2) is 5.77. The van der Waals surface area contributed by atoms with Gasteiger partial charge < -0.3 is 10.6 Å². The molecular weight excluding hydrogens is 219 g/mol. The summed E-state index contributed by atoms with van der Waals surface area (Å²) in [5, 5.41) is 0. The van der Waals surface area contributed by atoms with E-state index in [2.05, 4.69) is 0 Å². The molecule has 3 nitrogen and oxygen atoms in total. The molecule has 0 bridgehead atoms. The maximum Gasteiger partial charge on any atom is 0.256 e.